The van der Waals surface area contributed by atoms with Gasteiger partial charge in [-0.2, -0.15) is 0 Å². The van der Waals surface area contributed by atoms with Crippen molar-refractivity contribution in [1.82, 2.24) is 15.0 Å². The van der Waals surface area contributed by atoms with Crippen LogP contribution in [0.1, 0.15) is 24.4 Å². The molecule has 0 saturated heterocycles. The van der Waals surface area contributed by atoms with E-state index >= 15 is 0 Å². The van der Waals surface area contributed by atoms with E-state index in [1.165, 1.54) is 0 Å². The van der Waals surface area contributed by atoms with Crippen molar-refractivity contribution in [2.24, 2.45) is 0 Å². The number of hydrogen-bond donors (Lipinski definition) is 0. The Morgan fingerprint density at radius 3 is 2.86 bits per heavy atom. The molecule has 21 heavy (non-hydrogen) atoms. The molecule has 0 amide bonds. The van der Waals surface area contributed by atoms with Crippen LogP contribution in [0.5, 0.6) is 0 Å². The lowest BCUT2D eigenvalue weighted by Gasteiger charge is -2.22. The lowest BCUT2D eigenvalue weighted by atomic mass is 10.1. The normalized spacial score (nSPS) is 13.0. The van der Waals surface area contributed by atoms with Crippen LogP contribution in [0.3, 0.4) is 0 Å². The fraction of sp³-hybridized carbons (Fsp3) is 0.250. The number of rotatable bonds is 4. The Morgan fingerprint density at radius 2 is 2.10 bits per heavy atom. The molecule has 5 heteroatoms. The molecule has 4 nitrogen and oxygen atoms in total. The first-order valence-electron chi connectivity index (χ1n) is 6.80. The number of pyridine rings is 1. The Hall–Kier alpha value is -1.91. The number of nitrogens with zero attached hydrogens (tertiary/aromatic N) is 3. The molecule has 2 aromatic heterocycles. The Kier molecular flexibility index (Phi) is 3.90. The average Bonchev–Trinajstić information content (AvgIpc) is 3.01. The molecular weight excluding hydrogens is 286 g/mol. The summed E-state index contributed by atoms with van der Waals surface area (Å²) >= 11 is 6.21. The lowest BCUT2D eigenvalue weighted by Crippen LogP contribution is -2.22. The van der Waals surface area contributed by atoms with Gasteiger partial charge in [0.1, 0.15) is 12.0 Å². The van der Waals surface area contributed by atoms with Gasteiger partial charge in [-0.05, 0) is 26.1 Å². The molecule has 0 unspecified atom stereocenters. The van der Waals surface area contributed by atoms with Crippen molar-refractivity contribution in [2.75, 3.05) is 7.05 Å². The van der Waals surface area contributed by atoms with Gasteiger partial charge in [0.15, 0.2) is 0 Å². The minimum absolute atomic E-state index is 0.160. The Morgan fingerprint density at radius 1 is 1.24 bits per heavy atom. The summed E-state index contributed by atoms with van der Waals surface area (Å²) in [6.45, 7) is 2.81. The van der Waals surface area contributed by atoms with E-state index in [2.05, 4.69) is 28.0 Å². The van der Waals surface area contributed by atoms with E-state index in [1.807, 2.05) is 37.4 Å². The summed E-state index contributed by atoms with van der Waals surface area (Å²) in [4.78, 5) is 6.83. The zero-order chi connectivity index (χ0) is 14.8. The number of aromatic nitrogens is 2. The molecule has 108 valence electrons. The number of halogens is 1. The Balaban J connectivity index is 1.83. The van der Waals surface area contributed by atoms with E-state index in [9.17, 15) is 0 Å². The molecule has 0 saturated carbocycles. The molecule has 0 N–H and O–H groups in total. The highest BCUT2D eigenvalue weighted by molar-refractivity contribution is 6.35. The van der Waals surface area contributed by atoms with Gasteiger partial charge in [0.25, 0.3) is 0 Å². The number of benzene rings is 1. The SMILES string of the molecule is C[C@@H](c1ccon1)N(C)Cc1ccc2cccc(Cl)c2n1. The molecular formula is C16H16ClN3O. The minimum atomic E-state index is 0.160. The maximum Gasteiger partial charge on any atom is 0.124 e. The average molecular weight is 302 g/mol. The molecule has 2 heterocycles. The van der Waals surface area contributed by atoms with Gasteiger partial charge in [0.2, 0.25) is 0 Å². The number of para-hydroxylation sites is 1. The van der Waals surface area contributed by atoms with E-state index in [4.69, 9.17) is 16.1 Å². The fourth-order valence-electron chi connectivity index (χ4n) is 2.30. The van der Waals surface area contributed by atoms with Gasteiger partial charge < -0.3 is 4.52 Å². The van der Waals surface area contributed by atoms with Crippen molar-refractivity contribution >= 4 is 22.5 Å². The van der Waals surface area contributed by atoms with Crippen LogP contribution < -0.4 is 0 Å². The van der Waals surface area contributed by atoms with E-state index in [1.54, 1.807) is 6.26 Å². The third-order valence-corrected chi connectivity index (χ3v) is 3.99. The summed E-state index contributed by atoms with van der Waals surface area (Å²) in [6, 6.07) is 11.9. The minimum Gasteiger partial charge on any atom is -0.364 e. The predicted octanol–water partition coefficient (Wildman–Crippen LogP) is 4.07. The molecule has 0 radical (unpaired) electrons. The summed E-state index contributed by atoms with van der Waals surface area (Å²) in [7, 11) is 2.04. The van der Waals surface area contributed by atoms with Crippen LogP contribution in [-0.4, -0.2) is 22.1 Å². The molecule has 0 bridgehead atoms. The van der Waals surface area contributed by atoms with E-state index in [-0.39, 0.29) is 6.04 Å². The molecule has 0 aliphatic carbocycles. The van der Waals surface area contributed by atoms with E-state index in [0.29, 0.717) is 5.02 Å². The van der Waals surface area contributed by atoms with Crippen molar-refractivity contribution in [1.29, 1.82) is 0 Å². The topological polar surface area (TPSA) is 42.2 Å². The van der Waals surface area contributed by atoms with Gasteiger partial charge in [0, 0.05) is 18.0 Å². The lowest BCUT2D eigenvalue weighted by molar-refractivity contribution is 0.238. The molecule has 0 fully saturated rings. The number of fused-ring (bicyclic) bond motifs is 1. The van der Waals surface area contributed by atoms with E-state index < -0.39 is 0 Å². The van der Waals surface area contributed by atoms with Gasteiger partial charge in [0.05, 0.1) is 22.3 Å². The maximum atomic E-state index is 6.21. The fourth-order valence-corrected chi connectivity index (χ4v) is 2.52. The van der Waals surface area contributed by atoms with Gasteiger partial charge >= 0.3 is 0 Å². The summed E-state index contributed by atoms with van der Waals surface area (Å²) in [6.07, 6.45) is 1.59. The van der Waals surface area contributed by atoms with Crippen molar-refractivity contribution in [3.63, 3.8) is 0 Å². The standard InChI is InChI=1S/C16H16ClN3O/c1-11(15-8-9-21-19-15)20(2)10-13-7-6-12-4-3-5-14(17)16(12)18-13/h3-9,11H,10H2,1-2H3/t11-/m0/s1. The first-order valence-corrected chi connectivity index (χ1v) is 7.17. The van der Waals surface area contributed by atoms with Crippen LogP contribution in [0.2, 0.25) is 5.02 Å². The molecule has 3 rings (SSSR count). The second-order valence-electron chi connectivity index (χ2n) is 5.13. The van der Waals surface area contributed by atoms with Crippen molar-refractivity contribution in [3.05, 3.63) is 59.1 Å². The van der Waals surface area contributed by atoms with Crippen LogP contribution in [-0.2, 0) is 6.54 Å². The Bertz CT molecular complexity index is 742. The van der Waals surface area contributed by atoms with Crippen molar-refractivity contribution in [3.8, 4) is 0 Å². The third-order valence-electron chi connectivity index (χ3n) is 3.69. The van der Waals surface area contributed by atoms with Crippen LogP contribution in [0.25, 0.3) is 10.9 Å². The summed E-state index contributed by atoms with van der Waals surface area (Å²) in [5.74, 6) is 0. The first-order chi connectivity index (χ1) is 10.1. The predicted molar refractivity (Wildman–Crippen MR) is 83.1 cm³/mol. The highest BCUT2D eigenvalue weighted by atomic mass is 35.5. The highest BCUT2D eigenvalue weighted by Gasteiger charge is 2.15. The molecule has 0 aliphatic heterocycles. The molecule has 0 spiro atoms. The molecule has 1 aromatic carbocycles. The summed E-state index contributed by atoms with van der Waals surface area (Å²) in [5, 5.41) is 5.72. The highest BCUT2D eigenvalue weighted by Crippen LogP contribution is 2.23. The molecule has 0 aliphatic rings. The largest absolute Gasteiger partial charge is 0.364 e. The monoisotopic (exact) mass is 301 g/mol. The zero-order valence-corrected chi connectivity index (χ0v) is 12.7. The smallest absolute Gasteiger partial charge is 0.124 e. The quantitative estimate of drug-likeness (QED) is 0.728. The first kappa shape index (κ1) is 14.0. The Labute approximate surface area is 128 Å². The second kappa shape index (κ2) is 5.84. The van der Waals surface area contributed by atoms with Crippen LogP contribution in [0.4, 0.5) is 0 Å². The van der Waals surface area contributed by atoms with Gasteiger partial charge in [-0.1, -0.05) is 35.0 Å². The third kappa shape index (κ3) is 2.91. The second-order valence-corrected chi connectivity index (χ2v) is 5.54. The van der Waals surface area contributed by atoms with Crippen LogP contribution >= 0.6 is 11.6 Å². The molecule has 3 aromatic rings. The van der Waals surface area contributed by atoms with Crippen LogP contribution in [0.15, 0.2) is 47.2 Å². The van der Waals surface area contributed by atoms with Gasteiger partial charge in [-0.3, -0.25) is 4.90 Å². The zero-order valence-electron chi connectivity index (χ0n) is 12.0. The van der Waals surface area contributed by atoms with Crippen molar-refractivity contribution < 1.29 is 4.52 Å². The van der Waals surface area contributed by atoms with Gasteiger partial charge in [-0.25, -0.2) is 4.98 Å². The van der Waals surface area contributed by atoms with Crippen LogP contribution in [0, 0.1) is 0 Å². The summed E-state index contributed by atoms with van der Waals surface area (Å²) in [5.41, 5.74) is 2.74. The van der Waals surface area contributed by atoms with Crippen molar-refractivity contribution in [2.45, 2.75) is 19.5 Å². The number of hydrogen-bond acceptors (Lipinski definition) is 4. The molecule has 1 atom stereocenters. The maximum absolute atomic E-state index is 6.21. The summed E-state index contributed by atoms with van der Waals surface area (Å²) < 4.78 is 4.90. The van der Waals surface area contributed by atoms with Gasteiger partial charge in [-0.15, -0.1) is 0 Å². The van der Waals surface area contributed by atoms with E-state index in [0.717, 1.165) is 28.8 Å².